The van der Waals surface area contributed by atoms with Gasteiger partial charge >= 0.3 is 0 Å². The molecular weight excluding hydrogens is 232 g/mol. The number of pyridine rings is 1. The first-order valence-electron chi connectivity index (χ1n) is 5.57. The van der Waals surface area contributed by atoms with Gasteiger partial charge in [-0.05, 0) is 43.8 Å². The van der Waals surface area contributed by atoms with Crippen LogP contribution in [0.4, 0.5) is 0 Å². The highest BCUT2D eigenvalue weighted by Gasteiger charge is 2.12. The molecule has 1 unspecified atom stereocenters. The van der Waals surface area contributed by atoms with Crippen molar-refractivity contribution in [2.75, 3.05) is 7.05 Å². The van der Waals surface area contributed by atoms with E-state index < -0.39 is 0 Å². The largest absolute Gasteiger partial charge is 0.308 e. The molecule has 2 rings (SSSR count). The molecule has 0 bridgehead atoms. The van der Waals surface area contributed by atoms with E-state index in [1.807, 2.05) is 56.4 Å². The molecule has 17 heavy (non-hydrogen) atoms. The van der Waals surface area contributed by atoms with Gasteiger partial charge in [-0.25, -0.2) is 0 Å². The monoisotopic (exact) mass is 246 g/mol. The van der Waals surface area contributed by atoms with Crippen LogP contribution in [0.2, 0.25) is 5.02 Å². The van der Waals surface area contributed by atoms with Crippen molar-refractivity contribution in [1.29, 1.82) is 0 Å². The van der Waals surface area contributed by atoms with Crippen LogP contribution in [0.5, 0.6) is 0 Å². The maximum absolute atomic E-state index is 5.89. The molecule has 2 nitrogen and oxygen atoms in total. The Bertz CT molecular complexity index is 494. The molecule has 0 saturated carbocycles. The molecule has 1 heterocycles. The normalized spacial score (nSPS) is 12.4. The van der Waals surface area contributed by atoms with Crippen molar-refractivity contribution < 1.29 is 0 Å². The third-order valence-electron chi connectivity index (χ3n) is 2.70. The Hall–Kier alpha value is -1.38. The Morgan fingerprint density at radius 1 is 1.12 bits per heavy atom. The third kappa shape index (κ3) is 2.84. The van der Waals surface area contributed by atoms with Crippen molar-refractivity contribution >= 4 is 11.6 Å². The molecular formula is C14H15ClN2. The van der Waals surface area contributed by atoms with E-state index in [0.717, 1.165) is 22.0 Å². The zero-order valence-electron chi connectivity index (χ0n) is 9.94. The highest BCUT2D eigenvalue weighted by atomic mass is 35.5. The zero-order valence-corrected chi connectivity index (χ0v) is 10.7. The number of hydrogen-bond donors (Lipinski definition) is 1. The van der Waals surface area contributed by atoms with E-state index in [1.54, 1.807) is 0 Å². The Morgan fingerprint density at radius 3 is 2.41 bits per heavy atom. The van der Waals surface area contributed by atoms with Crippen LogP contribution in [0.15, 0.2) is 42.5 Å². The summed E-state index contributed by atoms with van der Waals surface area (Å²) >= 11 is 5.89. The second kappa shape index (κ2) is 5.30. The van der Waals surface area contributed by atoms with Gasteiger partial charge < -0.3 is 5.32 Å². The van der Waals surface area contributed by atoms with Gasteiger partial charge in [0.25, 0.3) is 0 Å². The summed E-state index contributed by atoms with van der Waals surface area (Å²) in [4.78, 5) is 4.55. The average molecular weight is 247 g/mol. The molecule has 0 fully saturated rings. The number of nitrogens with one attached hydrogen (secondary N) is 1. The van der Waals surface area contributed by atoms with Crippen molar-refractivity contribution in [3.63, 3.8) is 0 Å². The van der Waals surface area contributed by atoms with E-state index in [9.17, 15) is 0 Å². The molecule has 1 N–H and O–H groups in total. The van der Waals surface area contributed by atoms with Gasteiger partial charge in [-0.15, -0.1) is 0 Å². The number of benzene rings is 1. The summed E-state index contributed by atoms with van der Waals surface area (Å²) in [6.07, 6.45) is 0. The van der Waals surface area contributed by atoms with E-state index in [4.69, 9.17) is 11.6 Å². The van der Waals surface area contributed by atoms with Crippen molar-refractivity contribution in [1.82, 2.24) is 10.3 Å². The molecule has 1 aromatic carbocycles. The summed E-state index contributed by atoms with van der Waals surface area (Å²) in [5.74, 6) is 0. The minimum absolute atomic E-state index is 0.104. The number of rotatable bonds is 3. The second-order valence-electron chi connectivity index (χ2n) is 3.98. The van der Waals surface area contributed by atoms with E-state index in [2.05, 4.69) is 10.3 Å². The maximum Gasteiger partial charge on any atom is 0.0749 e. The smallest absolute Gasteiger partial charge is 0.0749 e. The van der Waals surface area contributed by atoms with Gasteiger partial charge in [-0.2, -0.15) is 0 Å². The van der Waals surface area contributed by atoms with Crippen LogP contribution < -0.4 is 5.32 Å². The minimum atomic E-state index is 0.104. The zero-order chi connectivity index (χ0) is 12.3. The van der Waals surface area contributed by atoms with Crippen LogP contribution in [-0.4, -0.2) is 12.0 Å². The molecule has 0 aliphatic heterocycles. The minimum Gasteiger partial charge on any atom is -0.308 e. The number of nitrogens with zero attached hydrogens (tertiary/aromatic N) is 1. The molecule has 0 spiro atoms. The Kier molecular flexibility index (Phi) is 3.77. The van der Waals surface area contributed by atoms with Crippen molar-refractivity contribution in [2.45, 2.75) is 13.0 Å². The molecule has 0 saturated heterocycles. The van der Waals surface area contributed by atoms with Crippen LogP contribution >= 0.6 is 11.6 Å². The third-order valence-corrected chi connectivity index (χ3v) is 2.95. The van der Waals surface area contributed by atoms with Crippen LogP contribution in [-0.2, 0) is 0 Å². The SMILES string of the molecule is CNC(c1ccc(Cl)cc1)c1cccc(C)n1. The lowest BCUT2D eigenvalue weighted by molar-refractivity contribution is 0.669. The van der Waals surface area contributed by atoms with Gasteiger partial charge in [0.15, 0.2) is 0 Å². The van der Waals surface area contributed by atoms with Crippen molar-refractivity contribution in [2.24, 2.45) is 0 Å². The van der Waals surface area contributed by atoms with E-state index >= 15 is 0 Å². The van der Waals surface area contributed by atoms with Gasteiger partial charge in [0.05, 0.1) is 11.7 Å². The quantitative estimate of drug-likeness (QED) is 0.899. The molecule has 1 aromatic heterocycles. The van der Waals surface area contributed by atoms with Crippen LogP contribution in [0.25, 0.3) is 0 Å². The van der Waals surface area contributed by atoms with Gasteiger partial charge in [-0.1, -0.05) is 29.8 Å². The lowest BCUT2D eigenvalue weighted by Crippen LogP contribution is -2.19. The summed E-state index contributed by atoms with van der Waals surface area (Å²) in [6, 6.07) is 14.0. The summed E-state index contributed by atoms with van der Waals surface area (Å²) < 4.78 is 0. The number of halogens is 1. The molecule has 0 aliphatic rings. The fourth-order valence-electron chi connectivity index (χ4n) is 1.87. The maximum atomic E-state index is 5.89. The highest BCUT2D eigenvalue weighted by Crippen LogP contribution is 2.21. The topological polar surface area (TPSA) is 24.9 Å². The Morgan fingerprint density at radius 2 is 1.82 bits per heavy atom. The molecule has 2 aromatic rings. The summed E-state index contributed by atoms with van der Waals surface area (Å²) in [5.41, 5.74) is 3.21. The first-order valence-corrected chi connectivity index (χ1v) is 5.95. The van der Waals surface area contributed by atoms with Crippen LogP contribution in [0, 0.1) is 6.92 Å². The molecule has 0 aliphatic carbocycles. The molecule has 88 valence electrons. The van der Waals surface area contributed by atoms with Gasteiger partial charge in [0, 0.05) is 10.7 Å². The van der Waals surface area contributed by atoms with E-state index in [0.29, 0.717) is 0 Å². The van der Waals surface area contributed by atoms with Crippen molar-refractivity contribution in [3.8, 4) is 0 Å². The van der Waals surface area contributed by atoms with Crippen molar-refractivity contribution in [3.05, 3.63) is 64.4 Å². The van der Waals surface area contributed by atoms with Gasteiger partial charge in [0.2, 0.25) is 0 Å². The molecule has 1 atom stereocenters. The molecule has 0 radical (unpaired) electrons. The predicted octanol–water partition coefficient (Wildman–Crippen LogP) is 3.35. The second-order valence-corrected chi connectivity index (χ2v) is 4.41. The first-order chi connectivity index (χ1) is 8.20. The Balaban J connectivity index is 2.36. The molecule has 0 amide bonds. The lowest BCUT2D eigenvalue weighted by Gasteiger charge is -2.16. The van der Waals surface area contributed by atoms with E-state index in [-0.39, 0.29) is 6.04 Å². The predicted molar refractivity (Wildman–Crippen MR) is 71.3 cm³/mol. The first kappa shape index (κ1) is 12.1. The fourth-order valence-corrected chi connectivity index (χ4v) is 1.99. The number of hydrogen-bond acceptors (Lipinski definition) is 2. The van der Waals surface area contributed by atoms with E-state index in [1.165, 1.54) is 0 Å². The highest BCUT2D eigenvalue weighted by molar-refractivity contribution is 6.30. The van der Waals surface area contributed by atoms with Crippen LogP contribution in [0.3, 0.4) is 0 Å². The fraction of sp³-hybridized carbons (Fsp3) is 0.214. The number of aryl methyl sites for hydroxylation is 1. The molecule has 3 heteroatoms. The Labute approximate surface area is 107 Å². The summed E-state index contributed by atoms with van der Waals surface area (Å²) in [6.45, 7) is 2.00. The number of aromatic nitrogens is 1. The summed E-state index contributed by atoms with van der Waals surface area (Å²) in [5, 5.41) is 4.03. The van der Waals surface area contributed by atoms with Gasteiger partial charge in [0.1, 0.15) is 0 Å². The van der Waals surface area contributed by atoms with Crippen LogP contribution in [0.1, 0.15) is 23.0 Å². The standard InChI is InChI=1S/C14H15ClN2/c1-10-4-3-5-13(17-10)14(16-2)11-6-8-12(15)9-7-11/h3-9,14,16H,1-2H3. The lowest BCUT2D eigenvalue weighted by atomic mass is 10.0. The van der Waals surface area contributed by atoms with Gasteiger partial charge in [-0.3, -0.25) is 4.98 Å². The summed E-state index contributed by atoms with van der Waals surface area (Å²) in [7, 11) is 1.93. The average Bonchev–Trinajstić information content (AvgIpc) is 2.33.